The maximum Gasteiger partial charge on any atom is 0.354 e. The van der Waals surface area contributed by atoms with Crippen molar-refractivity contribution in [1.82, 2.24) is 15.4 Å². The molecule has 0 radical (unpaired) electrons. The number of hydrazine groups is 1. The summed E-state index contributed by atoms with van der Waals surface area (Å²) in [7, 11) is 1.29. The summed E-state index contributed by atoms with van der Waals surface area (Å²) in [6.45, 7) is 5.69. The first-order valence-corrected chi connectivity index (χ1v) is 7.69. The number of carbonyl (C=O) groups is 1. The molecule has 0 unspecified atom stereocenters. The van der Waals surface area contributed by atoms with E-state index in [1.165, 1.54) is 13.4 Å². The number of carbonyl (C=O) groups excluding carboxylic acids is 1. The molecule has 1 aromatic heterocycles. The Morgan fingerprint density at radius 1 is 1.15 bits per heavy atom. The smallest absolute Gasteiger partial charge is 0.354 e. The minimum absolute atomic E-state index is 0.0222. The lowest BCUT2D eigenvalue weighted by molar-refractivity contribution is -0.383. The van der Waals surface area contributed by atoms with Crippen LogP contribution in [0.2, 0.25) is 0 Å². The number of ether oxygens (including phenoxy) is 1. The minimum atomic E-state index is -0.572. The second kappa shape index (κ2) is 7.74. The van der Waals surface area contributed by atoms with E-state index in [9.17, 15) is 14.9 Å². The molecule has 0 amide bonds. The number of aromatic nitrogens is 2. The molecule has 10 heteroatoms. The number of benzene rings is 1. The van der Waals surface area contributed by atoms with E-state index in [0.29, 0.717) is 11.3 Å². The van der Waals surface area contributed by atoms with E-state index < -0.39 is 10.9 Å². The first-order chi connectivity index (χ1) is 12.2. The topological polar surface area (TPSA) is 131 Å². The Kier molecular flexibility index (Phi) is 5.68. The monoisotopic (exact) mass is 360 g/mol. The number of nitrogens with one attached hydrogen (secondary N) is 3. The van der Waals surface area contributed by atoms with Crippen molar-refractivity contribution in [2.75, 3.05) is 17.9 Å². The van der Waals surface area contributed by atoms with Crippen LogP contribution in [-0.4, -0.2) is 33.5 Å². The summed E-state index contributed by atoms with van der Waals surface area (Å²) in [6.07, 6.45) is 1.21. The number of nitrogens with zero attached hydrogens (tertiary/aromatic N) is 3. The summed E-state index contributed by atoms with van der Waals surface area (Å²) < 4.78 is 4.63. The van der Waals surface area contributed by atoms with Crippen LogP contribution < -0.4 is 16.2 Å². The summed E-state index contributed by atoms with van der Waals surface area (Å²) in [4.78, 5) is 30.3. The van der Waals surface area contributed by atoms with E-state index in [1.54, 1.807) is 24.3 Å². The Balaban J connectivity index is 2.28. The van der Waals surface area contributed by atoms with Gasteiger partial charge in [0, 0.05) is 11.2 Å². The lowest BCUT2D eigenvalue weighted by Gasteiger charge is -2.21. The Morgan fingerprint density at radius 2 is 1.77 bits per heavy atom. The molecule has 0 bridgehead atoms. The zero-order chi connectivity index (χ0) is 19.3. The van der Waals surface area contributed by atoms with Gasteiger partial charge in [0.25, 0.3) is 0 Å². The van der Waals surface area contributed by atoms with Gasteiger partial charge in [-0.2, -0.15) is 0 Å². The quantitative estimate of drug-likeness (QED) is 0.404. The number of nitro groups is 1. The molecule has 0 aliphatic heterocycles. The highest BCUT2D eigenvalue weighted by Gasteiger charge is 2.24. The first kappa shape index (κ1) is 19.1. The van der Waals surface area contributed by atoms with Crippen LogP contribution in [0.25, 0.3) is 0 Å². The number of anilines is 3. The van der Waals surface area contributed by atoms with Crippen LogP contribution in [0.3, 0.4) is 0 Å². The predicted octanol–water partition coefficient (Wildman–Crippen LogP) is 2.63. The van der Waals surface area contributed by atoms with Gasteiger partial charge in [0.2, 0.25) is 11.6 Å². The van der Waals surface area contributed by atoms with Crippen LogP contribution in [-0.2, 0) is 4.74 Å². The van der Waals surface area contributed by atoms with Gasteiger partial charge in [0.1, 0.15) is 6.33 Å². The number of methoxy groups -OCH3 is 1. The third-order valence-corrected chi connectivity index (χ3v) is 3.13. The molecule has 3 N–H and O–H groups in total. The molecule has 0 saturated carbocycles. The Morgan fingerprint density at radius 3 is 2.31 bits per heavy atom. The van der Waals surface area contributed by atoms with Gasteiger partial charge >= 0.3 is 11.7 Å². The van der Waals surface area contributed by atoms with Crippen LogP contribution in [0.5, 0.6) is 0 Å². The van der Waals surface area contributed by atoms with Crippen molar-refractivity contribution in [3.63, 3.8) is 0 Å². The average molecular weight is 360 g/mol. The standard InChI is InChI=1S/C16H20N6O4/c1-16(2,3)21-20-14-12(22(24)25)13(17-9-18-14)19-11-7-5-10(6-8-11)15(23)26-4/h5-9,21H,1-4H3,(H2,17,18,19,20). The Bertz CT molecular complexity index is 801. The summed E-state index contributed by atoms with van der Waals surface area (Å²) >= 11 is 0. The molecule has 0 aliphatic carbocycles. The second-order valence-electron chi connectivity index (χ2n) is 6.37. The highest BCUT2D eigenvalue weighted by Crippen LogP contribution is 2.31. The van der Waals surface area contributed by atoms with Gasteiger partial charge in [0.15, 0.2) is 0 Å². The molecule has 0 fully saturated rings. The highest BCUT2D eigenvalue weighted by molar-refractivity contribution is 5.89. The lowest BCUT2D eigenvalue weighted by Crippen LogP contribution is -2.40. The summed E-state index contributed by atoms with van der Waals surface area (Å²) in [5.41, 5.74) is 5.94. The highest BCUT2D eigenvalue weighted by atomic mass is 16.6. The van der Waals surface area contributed by atoms with Crippen molar-refractivity contribution in [3.05, 3.63) is 46.3 Å². The maximum absolute atomic E-state index is 11.5. The van der Waals surface area contributed by atoms with Gasteiger partial charge in [-0.3, -0.25) is 15.5 Å². The molecular formula is C16H20N6O4. The van der Waals surface area contributed by atoms with Crippen LogP contribution in [0.15, 0.2) is 30.6 Å². The van der Waals surface area contributed by atoms with E-state index >= 15 is 0 Å². The molecule has 10 nitrogen and oxygen atoms in total. The number of esters is 1. The van der Waals surface area contributed by atoms with E-state index in [1.807, 2.05) is 20.8 Å². The van der Waals surface area contributed by atoms with Gasteiger partial charge in [0.05, 0.1) is 17.6 Å². The normalized spacial score (nSPS) is 10.9. The Labute approximate surface area is 150 Å². The summed E-state index contributed by atoms with van der Waals surface area (Å²) in [5.74, 6) is -0.410. The molecule has 0 aliphatic rings. The van der Waals surface area contributed by atoms with Gasteiger partial charge in [-0.15, -0.1) is 0 Å². The lowest BCUT2D eigenvalue weighted by atomic mass is 10.1. The zero-order valence-electron chi connectivity index (χ0n) is 14.9. The zero-order valence-corrected chi connectivity index (χ0v) is 14.9. The predicted molar refractivity (Wildman–Crippen MR) is 96.3 cm³/mol. The average Bonchev–Trinajstić information content (AvgIpc) is 2.59. The van der Waals surface area contributed by atoms with E-state index in [0.717, 1.165) is 0 Å². The molecule has 2 rings (SSSR count). The van der Waals surface area contributed by atoms with Gasteiger partial charge < -0.3 is 10.1 Å². The van der Waals surface area contributed by atoms with Crippen molar-refractivity contribution >= 4 is 29.0 Å². The number of hydrogen-bond donors (Lipinski definition) is 3. The van der Waals surface area contributed by atoms with Crippen LogP contribution in [0.4, 0.5) is 23.0 Å². The molecule has 1 aromatic carbocycles. The fourth-order valence-electron chi connectivity index (χ4n) is 1.93. The van der Waals surface area contributed by atoms with Crippen molar-refractivity contribution in [2.45, 2.75) is 26.3 Å². The Hall–Kier alpha value is -3.27. The molecule has 0 saturated heterocycles. The fraction of sp³-hybridized carbons (Fsp3) is 0.312. The summed E-state index contributed by atoms with van der Waals surface area (Å²) in [6, 6.07) is 6.28. The second-order valence-corrected chi connectivity index (χ2v) is 6.37. The molecule has 2 aromatic rings. The van der Waals surface area contributed by atoms with Crippen molar-refractivity contribution in [3.8, 4) is 0 Å². The van der Waals surface area contributed by atoms with E-state index in [2.05, 4.69) is 30.9 Å². The number of rotatable bonds is 6. The van der Waals surface area contributed by atoms with Crippen LogP contribution in [0, 0.1) is 10.1 Å². The molecule has 138 valence electrons. The third-order valence-electron chi connectivity index (χ3n) is 3.13. The minimum Gasteiger partial charge on any atom is -0.465 e. The fourth-order valence-corrected chi connectivity index (χ4v) is 1.93. The molecule has 26 heavy (non-hydrogen) atoms. The maximum atomic E-state index is 11.5. The summed E-state index contributed by atoms with van der Waals surface area (Å²) in [5, 5.41) is 14.4. The van der Waals surface area contributed by atoms with E-state index in [-0.39, 0.29) is 22.9 Å². The molecule has 0 atom stereocenters. The van der Waals surface area contributed by atoms with Crippen molar-refractivity contribution < 1.29 is 14.5 Å². The molecule has 0 spiro atoms. The first-order valence-electron chi connectivity index (χ1n) is 7.69. The van der Waals surface area contributed by atoms with Crippen LogP contribution >= 0.6 is 0 Å². The van der Waals surface area contributed by atoms with E-state index in [4.69, 9.17) is 0 Å². The van der Waals surface area contributed by atoms with Crippen molar-refractivity contribution in [1.29, 1.82) is 0 Å². The largest absolute Gasteiger partial charge is 0.465 e. The SMILES string of the molecule is COC(=O)c1ccc(Nc2ncnc(NNC(C)(C)C)c2[N+](=O)[O-])cc1. The van der Waals surface area contributed by atoms with Crippen molar-refractivity contribution in [2.24, 2.45) is 0 Å². The van der Waals surface area contributed by atoms with Gasteiger partial charge in [-0.25, -0.2) is 20.2 Å². The molecular weight excluding hydrogens is 340 g/mol. The molecule has 1 heterocycles. The van der Waals surface area contributed by atoms with Gasteiger partial charge in [-0.05, 0) is 45.0 Å². The number of hydrogen-bond acceptors (Lipinski definition) is 9. The van der Waals surface area contributed by atoms with Crippen LogP contribution in [0.1, 0.15) is 31.1 Å². The van der Waals surface area contributed by atoms with Gasteiger partial charge in [-0.1, -0.05) is 0 Å². The third kappa shape index (κ3) is 4.86.